The number of carbonyl (C=O) groups is 2. The van der Waals surface area contributed by atoms with Gasteiger partial charge in [0.2, 0.25) is 0 Å². The Balaban J connectivity index is 2.83. The second kappa shape index (κ2) is 5.09. The van der Waals surface area contributed by atoms with Crippen molar-refractivity contribution in [2.24, 2.45) is 0 Å². The van der Waals surface area contributed by atoms with Crippen LogP contribution < -0.4 is 0 Å². The Morgan fingerprint density at radius 3 is 2.67 bits per heavy atom. The van der Waals surface area contributed by atoms with Crippen molar-refractivity contribution in [3.63, 3.8) is 0 Å². The van der Waals surface area contributed by atoms with E-state index in [1.54, 1.807) is 0 Å². The van der Waals surface area contributed by atoms with Crippen molar-refractivity contribution in [2.75, 3.05) is 7.11 Å². The Kier molecular flexibility index (Phi) is 4.05. The van der Waals surface area contributed by atoms with Gasteiger partial charge >= 0.3 is 5.97 Å². The highest BCUT2D eigenvalue weighted by Crippen LogP contribution is 2.20. The van der Waals surface area contributed by atoms with Crippen LogP contribution in [0.15, 0.2) is 12.3 Å². The van der Waals surface area contributed by atoms with Crippen molar-refractivity contribution < 1.29 is 14.3 Å². The molecule has 0 saturated heterocycles. The van der Waals surface area contributed by atoms with Crippen LogP contribution in [0, 0.1) is 0 Å². The normalized spacial score (nSPS) is 9.80. The molecular weight excluding hydrogens is 241 g/mol. The smallest absolute Gasteiger partial charge is 0.313 e. The molecule has 0 N–H and O–H groups in total. The molecule has 0 saturated carbocycles. The summed E-state index contributed by atoms with van der Waals surface area (Å²) in [6.45, 7) is 0. The number of nitrogens with zero attached hydrogens (tertiary/aromatic N) is 1. The summed E-state index contributed by atoms with van der Waals surface area (Å²) in [5, 5.41) is 0.290. The van der Waals surface area contributed by atoms with Crippen LogP contribution in [0.1, 0.15) is 16.8 Å². The van der Waals surface area contributed by atoms with E-state index < -0.39 is 11.8 Å². The summed E-state index contributed by atoms with van der Waals surface area (Å²) >= 11 is 11.2. The zero-order chi connectivity index (χ0) is 11.4. The number of ether oxygens (including phenoxy) is 1. The van der Waals surface area contributed by atoms with Crippen LogP contribution in [0.25, 0.3) is 0 Å². The van der Waals surface area contributed by atoms with E-state index in [1.165, 1.54) is 19.4 Å². The summed E-state index contributed by atoms with van der Waals surface area (Å²) in [7, 11) is 1.21. The number of carbonyl (C=O) groups excluding carboxylic acids is 2. The Hall–Kier alpha value is -1.13. The molecule has 0 fully saturated rings. The van der Waals surface area contributed by atoms with Gasteiger partial charge in [-0.2, -0.15) is 0 Å². The molecule has 15 heavy (non-hydrogen) atoms. The molecule has 0 radical (unpaired) electrons. The SMILES string of the molecule is COC(=O)CC(=O)c1cnc(Cl)c(Cl)c1. The molecule has 1 heterocycles. The molecule has 0 aliphatic carbocycles. The third-order valence-corrected chi connectivity index (χ3v) is 2.34. The maximum atomic E-state index is 11.4. The average Bonchev–Trinajstić information content (AvgIpc) is 2.21. The van der Waals surface area contributed by atoms with Crippen molar-refractivity contribution >= 4 is 35.0 Å². The molecule has 1 rings (SSSR count). The lowest BCUT2D eigenvalue weighted by Gasteiger charge is -2.00. The maximum absolute atomic E-state index is 11.4. The summed E-state index contributed by atoms with van der Waals surface area (Å²) in [5.41, 5.74) is 0.231. The number of ketones is 1. The number of Topliss-reactive ketones (excluding diaryl/α,β-unsaturated/α-hetero) is 1. The van der Waals surface area contributed by atoms with Gasteiger partial charge in [0.25, 0.3) is 0 Å². The summed E-state index contributed by atoms with van der Waals surface area (Å²) in [4.78, 5) is 26.0. The first-order valence-corrected chi connectivity index (χ1v) is 4.71. The Morgan fingerprint density at radius 1 is 1.47 bits per heavy atom. The number of rotatable bonds is 3. The van der Waals surface area contributed by atoms with Crippen LogP contribution in [-0.2, 0) is 9.53 Å². The largest absolute Gasteiger partial charge is 0.469 e. The highest BCUT2D eigenvalue weighted by atomic mass is 35.5. The van der Waals surface area contributed by atoms with Gasteiger partial charge in [0.15, 0.2) is 5.78 Å². The van der Waals surface area contributed by atoms with E-state index >= 15 is 0 Å². The minimum absolute atomic E-state index is 0.117. The first-order chi connectivity index (χ1) is 7.04. The van der Waals surface area contributed by atoms with Gasteiger partial charge in [-0.15, -0.1) is 0 Å². The van der Waals surface area contributed by atoms with Crippen LogP contribution in [0.3, 0.4) is 0 Å². The quantitative estimate of drug-likeness (QED) is 0.356. The van der Waals surface area contributed by atoms with E-state index in [2.05, 4.69) is 9.72 Å². The molecule has 4 nitrogen and oxygen atoms in total. The number of pyridine rings is 1. The van der Waals surface area contributed by atoms with E-state index in [0.29, 0.717) is 0 Å². The van der Waals surface area contributed by atoms with Gasteiger partial charge in [0.05, 0.1) is 12.1 Å². The predicted octanol–water partition coefficient (Wildman–Crippen LogP) is 2.13. The minimum Gasteiger partial charge on any atom is -0.469 e. The Labute approximate surface area is 96.2 Å². The van der Waals surface area contributed by atoms with E-state index in [4.69, 9.17) is 23.2 Å². The first kappa shape index (κ1) is 11.9. The van der Waals surface area contributed by atoms with Crippen molar-refractivity contribution in [3.05, 3.63) is 28.0 Å². The topological polar surface area (TPSA) is 56.3 Å². The fraction of sp³-hybridized carbons (Fsp3) is 0.222. The Morgan fingerprint density at radius 2 is 2.13 bits per heavy atom. The van der Waals surface area contributed by atoms with Crippen LogP contribution in [-0.4, -0.2) is 23.8 Å². The minimum atomic E-state index is -0.605. The van der Waals surface area contributed by atoms with Crippen LogP contribution in [0.5, 0.6) is 0 Å². The van der Waals surface area contributed by atoms with Crippen LogP contribution in [0.4, 0.5) is 0 Å². The molecule has 80 valence electrons. The standard InChI is InChI=1S/C9H7Cl2NO3/c1-15-8(14)3-7(13)5-2-6(10)9(11)12-4-5/h2,4H,3H2,1H3. The number of halogens is 2. The highest BCUT2D eigenvalue weighted by molar-refractivity contribution is 6.41. The molecule has 0 unspecified atom stereocenters. The summed E-state index contributed by atoms with van der Waals surface area (Å²) in [5.74, 6) is -1.01. The Bertz CT molecular complexity index is 406. The van der Waals surface area contributed by atoms with E-state index in [9.17, 15) is 9.59 Å². The summed E-state index contributed by atoms with van der Waals surface area (Å²) in [6.07, 6.45) is 0.926. The third kappa shape index (κ3) is 3.18. The monoisotopic (exact) mass is 247 g/mol. The zero-order valence-electron chi connectivity index (χ0n) is 7.79. The molecule has 0 aromatic carbocycles. The first-order valence-electron chi connectivity index (χ1n) is 3.95. The lowest BCUT2D eigenvalue weighted by Crippen LogP contribution is -2.09. The fourth-order valence-corrected chi connectivity index (χ4v) is 1.15. The second-order valence-electron chi connectivity index (χ2n) is 2.67. The van der Waals surface area contributed by atoms with Gasteiger partial charge in [-0.05, 0) is 6.07 Å². The molecule has 0 aliphatic heterocycles. The van der Waals surface area contributed by atoms with Crippen molar-refractivity contribution in [1.29, 1.82) is 0 Å². The number of methoxy groups -OCH3 is 1. The molecule has 6 heteroatoms. The van der Waals surface area contributed by atoms with E-state index in [-0.39, 0.29) is 22.2 Å². The fourth-order valence-electron chi connectivity index (χ4n) is 0.879. The number of hydrogen-bond acceptors (Lipinski definition) is 4. The maximum Gasteiger partial charge on any atom is 0.313 e. The molecule has 0 aliphatic rings. The van der Waals surface area contributed by atoms with E-state index in [0.717, 1.165) is 0 Å². The van der Waals surface area contributed by atoms with Crippen LogP contribution >= 0.6 is 23.2 Å². The van der Waals surface area contributed by atoms with Gasteiger partial charge in [-0.25, -0.2) is 4.98 Å². The van der Waals surface area contributed by atoms with Crippen molar-refractivity contribution in [1.82, 2.24) is 4.98 Å². The lowest BCUT2D eigenvalue weighted by molar-refractivity contribution is -0.139. The van der Waals surface area contributed by atoms with Gasteiger partial charge in [-0.3, -0.25) is 9.59 Å². The zero-order valence-corrected chi connectivity index (χ0v) is 9.30. The number of hydrogen-bond donors (Lipinski definition) is 0. The highest BCUT2D eigenvalue weighted by Gasteiger charge is 2.13. The van der Waals surface area contributed by atoms with Gasteiger partial charge < -0.3 is 4.74 Å². The van der Waals surface area contributed by atoms with Gasteiger partial charge in [0, 0.05) is 11.8 Å². The predicted molar refractivity (Wildman–Crippen MR) is 55.2 cm³/mol. The van der Waals surface area contributed by atoms with Crippen molar-refractivity contribution in [3.8, 4) is 0 Å². The molecule has 1 aromatic heterocycles. The van der Waals surface area contributed by atoms with E-state index in [1.807, 2.05) is 0 Å². The third-order valence-electron chi connectivity index (χ3n) is 1.65. The molecular formula is C9H7Cl2NO3. The summed E-state index contributed by atoms with van der Waals surface area (Å²) < 4.78 is 4.36. The summed E-state index contributed by atoms with van der Waals surface area (Å²) in [6, 6.07) is 1.36. The second-order valence-corrected chi connectivity index (χ2v) is 3.44. The molecule has 0 bridgehead atoms. The van der Waals surface area contributed by atoms with Gasteiger partial charge in [-0.1, -0.05) is 23.2 Å². The van der Waals surface area contributed by atoms with Crippen LogP contribution in [0.2, 0.25) is 10.2 Å². The molecule has 1 aromatic rings. The number of aromatic nitrogens is 1. The number of esters is 1. The van der Waals surface area contributed by atoms with Gasteiger partial charge in [0.1, 0.15) is 11.6 Å². The molecule has 0 atom stereocenters. The van der Waals surface area contributed by atoms with Crippen molar-refractivity contribution in [2.45, 2.75) is 6.42 Å². The molecule has 0 spiro atoms. The molecule has 0 amide bonds. The lowest BCUT2D eigenvalue weighted by atomic mass is 10.1. The average molecular weight is 248 g/mol.